The number of nitrogens with one attached hydrogen (secondary N) is 1. The molecule has 1 N–H and O–H groups in total. The molecule has 3 aromatic rings. The van der Waals surface area contributed by atoms with Crippen molar-refractivity contribution < 1.29 is 13.2 Å². The summed E-state index contributed by atoms with van der Waals surface area (Å²) in [6.45, 7) is 1.97. The van der Waals surface area contributed by atoms with Gasteiger partial charge in [-0.25, -0.2) is 18.4 Å². The zero-order valence-electron chi connectivity index (χ0n) is 15.0. The molecule has 3 heterocycles. The van der Waals surface area contributed by atoms with E-state index in [4.69, 9.17) is 0 Å². The van der Waals surface area contributed by atoms with Gasteiger partial charge in [-0.1, -0.05) is 23.1 Å². The van der Waals surface area contributed by atoms with Crippen molar-refractivity contribution in [3.05, 3.63) is 40.3 Å². The molecule has 11 heteroatoms. The van der Waals surface area contributed by atoms with Crippen LogP contribution in [0.4, 0.5) is 5.13 Å². The van der Waals surface area contributed by atoms with Crippen LogP contribution in [-0.2, 0) is 21.2 Å². The number of nitrogens with zero attached hydrogens (tertiary/aromatic N) is 3. The second-order valence-corrected chi connectivity index (χ2v) is 10.6. The Kier molecular flexibility index (Phi) is 4.76. The molecule has 0 aliphatic carbocycles. The van der Waals surface area contributed by atoms with Crippen molar-refractivity contribution in [2.45, 2.75) is 23.5 Å². The predicted molar refractivity (Wildman–Crippen MR) is 109 cm³/mol. The molecule has 0 fully saturated rings. The van der Waals surface area contributed by atoms with E-state index in [1.54, 1.807) is 25.3 Å². The van der Waals surface area contributed by atoms with Crippen molar-refractivity contribution in [2.24, 2.45) is 5.92 Å². The van der Waals surface area contributed by atoms with Crippen LogP contribution in [0.15, 0.2) is 39.2 Å². The average Bonchev–Trinajstić information content (AvgIpc) is 3.05. The van der Waals surface area contributed by atoms with Crippen LogP contribution in [-0.4, -0.2) is 40.9 Å². The number of carbonyl (C=O) groups excluding carboxylic acids is 1. The largest absolute Gasteiger partial charge is 0.302 e. The van der Waals surface area contributed by atoms with Crippen LogP contribution in [0.25, 0.3) is 10.2 Å². The van der Waals surface area contributed by atoms with E-state index in [-0.39, 0.29) is 22.9 Å². The van der Waals surface area contributed by atoms with E-state index in [1.807, 2.05) is 0 Å². The number of amides is 1. The first-order valence-electron chi connectivity index (χ1n) is 8.33. The number of anilines is 1. The first-order valence-corrected chi connectivity index (χ1v) is 12.0. The third-order valence-electron chi connectivity index (χ3n) is 4.39. The summed E-state index contributed by atoms with van der Waals surface area (Å²) in [5.74, 6) is -0.101. The lowest BCUT2D eigenvalue weighted by atomic mass is 10.1. The number of thioether (sulfide) groups is 1. The molecule has 146 valence electrons. The van der Waals surface area contributed by atoms with Crippen LogP contribution >= 0.6 is 23.1 Å². The molecule has 1 unspecified atom stereocenters. The van der Waals surface area contributed by atoms with Gasteiger partial charge in [0.2, 0.25) is 5.91 Å². The molecule has 1 amide bonds. The lowest BCUT2D eigenvalue weighted by Crippen LogP contribution is -2.37. The second kappa shape index (κ2) is 6.98. The lowest BCUT2D eigenvalue weighted by Gasteiger charge is -2.23. The van der Waals surface area contributed by atoms with E-state index in [1.165, 1.54) is 33.7 Å². The minimum Gasteiger partial charge on any atom is -0.302 e. The van der Waals surface area contributed by atoms with Crippen LogP contribution in [0.1, 0.15) is 5.56 Å². The van der Waals surface area contributed by atoms with Gasteiger partial charge in [-0.2, -0.15) is 0 Å². The molecule has 1 aromatic carbocycles. The summed E-state index contributed by atoms with van der Waals surface area (Å²) < 4.78 is 25.6. The Morgan fingerprint density at radius 2 is 2.14 bits per heavy atom. The molecular weight excluding hydrogens is 420 g/mol. The molecule has 0 saturated carbocycles. The number of sulfone groups is 1. The topological polar surface area (TPSA) is 111 Å². The van der Waals surface area contributed by atoms with E-state index in [9.17, 15) is 18.0 Å². The van der Waals surface area contributed by atoms with Crippen molar-refractivity contribution in [2.75, 3.05) is 17.3 Å². The second-order valence-electron chi connectivity index (χ2n) is 6.56. The quantitative estimate of drug-likeness (QED) is 0.625. The molecule has 0 spiro atoms. The monoisotopic (exact) mass is 436 g/mol. The van der Waals surface area contributed by atoms with Gasteiger partial charge in [0, 0.05) is 30.3 Å². The number of rotatable bonds is 3. The van der Waals surface area contributed by atoms with Gasteiger partial charge in [-0.3, -0.25) is 14.2 Å². The Morgan fingerprint density at radius 1 is 1.36 bits per heavy atom. The normalized spacial score (nSPS) is 16.7. The molecule has 0 radical (unpaired) electrons. The van der Waals surface area contributed by atoms with Gasteiger partial charge in [0.25, 0.3) is 5.56 Å². The zero-order chi connectivity index (χ0) is 20.1. The van der Waals surface area contributed by atoms with E-state index >= 15 is 0 Å². The molecule has 1 aliphatic heterocycles. The molecule has 8 nitrogen and oxygen atoms in total. The van der Waals surface area contributed by atoms with Gasteiger partial charge in [0.15, 0.2) is 20.1 Å². The number of hydrogen-bond donors (Lipinski definition) is 1. The van der Waals surface area contributed by atoms with Gasteiger partial charge in [0.05, 0.1) is 21.0 Å². The van der Waals surface area contributed by atoms with E-state index in [2.05, 4.69) is 15.3 Å². The summed E-state index contributed by atoms with van der Waals surface area (Å²) in [4.78, 5) is 33.8. The predicted octanol–water partition coefficient (Wildman–Crippen LogP) is 1.93. The summed E-state index contributed by atoms with van der Waals surface area (Å²) in [7, 11) is -3.31. The highest BCUT2D eigenvalue weighted by Gasteiger charge is 2.27. The van der Waals surface area contributed by atoms with Crippen LogP contribution in [0.2, 0.25) is 0 Å². The van der Waals surface area contributed by atoms with E-state index in [0.717, 1.165) is 6.26 Å². The van der Waals surface area contributed by atoms with E-state index in [0.29, 0.717) is 31.8 Å². The first kappa shape index (κ1) is 19.1. The number of fused-ring (bicyclic) bond motifs is 2. The summed E-state index contributed by atoms with van der Waals surface area (Å²) in [5, 5.41) is 3.81. The third-order valence-corrected chi connectivity index (χ3v) is 7.58. The zero-order valence-corrected chi connectivity index (χ0v) is 17.4. The Morgan fingerprint density at radius 3 is 2.89 bits per heavy atom. The van der Waals surface area contributed by atoms with Gasteiger partial charge >= 0.3 is 0 Å². The van der Waals surface area contributed by atoms with Gasteiger partial charge in [-0.15, -0.1) is 0 Å². The fourth-order valence-electron chi connectivity index (χ4n) is 2.86. The standard InChI is InChI=1S/C17H16N4O4S3/c1-9-6-18-17-21(15(9)23)7-10(8-26-17)14(22)20-16-19-12-4-3-11(28(2,24)25)5-13(12)27-16/h3-6,10H,7-8H2,1-2H3,(H,19,20,22). The molecular formula is C17H16N4O4S3. The van der Waals surface area contributed by atoms with Gasteiger partial charge in [0.1, 0.15) is 0 Å². The Labute approximate surface area is 168 Å². The fourth-order valence-corrected chi connectivity index (χ4v) is 5.53. The van der Waals surface area contributed by atoms with Gasteiger partial charge < -0.3 is 5.32 Å². The van der Waals surface area contributed by atoms with Crippen molar-refractivity contribution in [1.29, 1.82) is 0 Å². The summed E-state index contributed by atoms with van der Waals surface area (Å²) in [5.41, 5.74) is 1.02. The number of hydrogen-bond acceptors (Lipinski definition) is 8. The Bertz CT molecular complexity index is 1260. The Balaban J connectivity index is 1.55. The lowest BCUT2D eigenvalue weighted by molar-refractivity contribution is -0.119. The summed E-state index contributed by atoms with van der Waals surface area (Å²) >= 11 is 2.59. The molecule has 4 rings (SSSR count). The average molecular weight is 437 g/mol. The minimum absolute atomic E-state index is 0.136. The molecule has 1 atom stereocenters. The third kappa shape index (κ3) is 3.56. The minimum atomic E-state index is -3.31. The number of thiazole rings is 1. The number of aryl methyl sites for hydroxylation is 1. The maximum Gasteiger partial charge on any atom is 0.257 e. The Hall–Kier alpha value is -2.24. The van der Waals surface area contributed by atoms with Gasteiger partial charge in [-0.05, 0) is 25.1 Å². The van der Waals surface area contributed by atoms with E-state index < -0.39 is 15.8 Å². The highest BCUT2D eigenvalue weighted by atomic mass is 32.2. The summed E-state index contributed by atoms with van der Waals surface area (Å²) in [6, 6.07) is 4.68. The van der Waals surface area contributed by atoms with Crippen molar-refractivity contribution in [3.63, 3.8) is 0 Å². The molecule has 2 aromatic heterocycles. The van der Waals surface area contributed by atoms with Crippen LogP contribution < -0.4 is 10.9 Å². The highest BCUT2D eigenvalue weighted by Crippen LogP contribution is 2.30. The van der Waals surface area contributed by atoms with Crippen LogP contribution in [0.3, 0.4) is 0 Å². The van der Waals surface area contributed by atoms with Crippen LogP contribution in [0.5, 0.6) is 0 Å². The van der Waals surface area contributed by atoms with Crippen molar-refractivity contribution in [1.82, 2.24) is 14.5 Å². The SMILES string of the molecule is Cc1cnc2n(c1=O)CC(C(=O)Nc1nc3ccc(S(C)(=O)=O)cc3s1)CS2. The first-order chi connectivity index (χ1) is 13.2. The number of benzene rings is 1. The fraction of sp³-hybridized carbons (Fsp3) is 0.294. The van der Waals surface area contributed by atoms with Crippen LogP contribution in [0, 0.1) is 12.8 Å². The molecule has 0 saturated heterocycles. The number of carbonyl (C=O) groups is 1. The highest BCUT2D eigenvalue weighted by molar-refractivity contribution is 7.99. The molecule has 0 bridgehead atoms. The number of aromatic nitrogens is 3. The summed E-state index contributed by atoms with van der Waals surface area (Å²) in [6.07, 6.45) is 2.70. The molecule has 28 heavy (non-hydrogen) atoms. The van der Waals surface area contributed by atoms with Crippen molar-refractivity contribution in [3.8, 4) is 0 Å². The molecule has 1 aliphatic rings. The maximum atomic E-state index is 12.7. The maximum absolute atomic E-state index is 12.7. The smallest absolute Gasteiger partial charge is 0.257 e. The van der Waals surface area contributed by atoms with Crippen molar-refractivity contribution >= 4 is 54.2 Å².